The highest BCUT2D eigenvalue weighted by Crippen LogP contribution is 2.28. The van der Waals surface area contributed by atoms with Crippen LogP contribution in [-0.4, -0.2) is 40.7 Å². The molecule has 0 saturated heterocycles. The van der Waals surface area contributed by atoms with E-state index in [0.29, 0.717) is 12.8 Å². The van der Waals surface area contributed by atoms with Gasteiger partial charge < -0.3 is 5.11 Å². The van der Waals surface area contributed by atoms with Gasteiger partial charge in [0.05, 0.1) is 5.60 Å². The Morgan fingerprint density at radius 3 is 2.58 bits per heavy atom. The molecule has 0 radical (unpaired) electrons. The molecule has 1 saturated carbocycles. The van der Waals surface area contributed by atoms with E-state index < -0.39 is 15.6 Å². The van der Waals surface area contributed by atoms with E-state index in [0.717, 1.165) is 19.3 Å². The van der Waals surface area contributed by atoms with Crippen molar-refractivity contribution in [1.82, 2.24) is 19.7 Å². The van der Waals surface area contributed by atoms with Crippen LogP contribution in [0.25, 0.3) is 0 Å². The molecule has 2 N–H and O–H groups in total. The fraction of sp³-hybridized carbons (Fsp3) is 0.800. The maximum atomic E-state index is 12.2. The first kappa shape index (κ1) is 14.9. The van der Waals surface area contributed by atoms with Crippen molar-refractivity contribution in [1.29, 1.82) is 0 Å². The summed E-state index contributed by atoms with van der Waals surface area (Å²) in [7, 11) is -2.23. The van der Waals surface area contributed by atoms with Crippen LogP contribution in [-0.2, 0) is 17.1 Å². The highest BCUT2D eigenvalue weighted by Gasteiger charge is 2.32. The fourth-order valence-electron chi connectivity index (χ4n) is 2.29. The lowest BCUT2D eigenvalue weighted by Gasteiger charge is -2.31. The van der Waals surface area contributed by atoms with Crippen molar-refractivity contribution in [3.05, 3.63) is 4.60 Å². The summed E-state index contributed by atoms with van der Waals surface area (Å²) >= 11 is 3.06. The van der Waals surface area contributed by atoms with Gasteiger partial charge in [-0.3, -0.25) is 0 Å². The van der Waals surface area contributed by atoms with Gasteiger partial charge in [0.25, 0.3) is 10.0 Å². The van der Waals surface area contributed by atoms with Crippen LogP contribution in [0.4, 0.5) is 0 Å². The summed E-state index contributed by atoms with van der Waals surface area (Å²) < 4.78 is 28.1. The Hall–Kier alpha value is -0.510. The van der Waals surface area contributed by atoms with Crippen molar-refractivity contribution < 1.29 is 13.5 Å². The van der Waals surface area contributed by atoms with Gasteiger partial charge in [0, 0.05) is 13.6 Å². The van der Waals surface area contributed by atoms with Crippen molar-refractivity contribution in [3.8, 4) is 0 Å². The van der Waals surface area contributed by atoms with Crippen LogP contribution in [0.3, 0.4) is 0 Å². The molecule has 0 aromatic carbocycles. The molecule has 0 spiro atoms. The number of hydrogen-bond acceptors (Lipinski definition) is 5. The van der Waals surface area contributed by atoms with Crippen molar-refractivity contribution in [2.75, 3.05) is 6.54 Å². The number of nitrogens with zero attached hydrogens (tertiary/aromatic N) is 3. The number of aliphatic hydroxyl groups is 1. The number of aryl methyl sites for hydroxylation is 1. The first-order chi connectivity index (χ1) is 8.84. The van der Waals surface area contributed by atoms with E-state index in [1.807, 2.05) is 0 Å². The number of sulfonamides is 1. The Bertz CT molecular complexity index is 532. The standard InChI is InChI=1S/C10H17BrN4O3S/c1-15-9(8(11)13-14-15)19(17,18)12-7-10(16)5-3-2-4-6-10/h12,16H,2-7H2,1H3. The van der Waals surface area contributed by atoms with Crippen LogP contribution in [0.5, 0.6) is 0 Å². The summed E-state index contributed by atoms with van der Waals surface area (Å²) in [6.45, 7) is 0.0208. The highest BCUT2D eigenvalue weighted by atomic mass is 79.9. The second-order valence-electron chi connectivity index (χ2n) is 4.92. The van der Waals surface area contributed by atoms with Gasteiger partial charge >= 0.3 is 0 Å². The largest absolute Gasteiger partial charge is 0.389 e. The minimum atomic E-state index is -3.73. The number of rotatable bonds is 4. The lowest BCUT2D eigenvalue weighted by molar-refractivity contribution is 0.00943. The third kappa shape index (κ3) is 3.33. The summed E-state index contributed by atoms with van der Waals surface area (Å²) in [5, 5.41) is 17.5. The predicted molar refractivity (Wildman–Crippen MR) is 71.9 cm³/mol. The minimum absolute atomic E-state index is 0.0208. The zero-order valence-corrected chi connectivity index (χ0v) is 13.0. The van der Waals surface area contributed by atoms with Crippen LogP contribution in [0.15, 0.2) is 9.63 Å². The molecule has 1 heterocycles. The number of hydrogen-bond donors (Lipinski definition) is 2. The van der Waals surface area contributed by atoms with Gasteiger partial charge in [-0.2, -0.15) is 0 Å². The summed E-state index contributed by atoms with van der Waals surface area (Å²) in [6, 6.07) is 0. The third-order valence-electron chi connectivity index (χ3n) is 3.37. The molecule has 19 heavy (non-hydrogen) atoms. The topological polar surface area (TPSA) is 97.1 Å². The Morgan fingerprint density at radius 2 is 2.05 bits per heavy atom. The van der Waals surface area contributed by atoms with E-state index in [1.54, 1.807) is 0 Å². The maximum absolute atomic E-state index is 12.2. The SMILES string of the molecule is Cn1nnc(Br)c1S(=O)(=O)NCC1(O)CCCCC1. The van der Waals surface area contributed by atoms with Gasteiger partial charge in [0.2, 0.25) is 5.03 Å². The normalized spacial score (nSPS) is 19.5. The number of nitrogens with one attached hydrogen (secondary N) is 1. The molecule has 0 amide bonds. The van der Waals surface area contributed by atoms with Crippen LogP contribution in [0, 0.1) is 0 Å². The van der Waals surface area contributed by atoms with Crippen LogP contribution >= 0.6 is 15.9 Å². The van der Waals surface area contributed by atoms with E-state index >= 15 is 0 Å². The van der Waals surface area contributed by atoms with Crippen LogP contribution in [0.1, 0.15) is 32.1 Å². The Balaban J connectivity index is 2.10. The molecule has 7 nitrogen and oxygen atoms in total. The molecule has 9 heteroatoms. The van der Waals surface area contributed by atoms with E-state index in [9.17, 15) is 13.5 Å². The molecule has 1 aliphatic carbocycles. The number of halogens is 1. The molecule has 0 aliphatic heterocycles. The summed E-state index contributed by atoms with van der Waals surface area (Å²) in [4.78, 5) is 0. The second kappa shape index (κ2) is 5.47. The van der Waals surface area contributed by atoms with Crippen molar-refractivity contribution in [3.63, 3.8) is 0 Å². The van der Waals surface area contributed by atoms with Crippen molar-refractivity contribution >= 4 is 26.0 Å². The molecule has 1 aromatic heterocycles. The second-order valence-corrected chi connectivity index (χ2v) is 7.35. The molecule has 0 unspecified atom stereocenters. The molecule has 0 bridgehead atoms. The molecule has 2 rings (SSSR count). The van der Waals surface area contributed by atoms with Crippen molar-refractivity contribution in [2.45, 2.75) is 42.7 Å². The number of aromatic nitrogens is 3. The van der Waals surface area contributed by atoms with Gasteiger partial charge in [-0.1, -0.05) is 24.5 Å². The van der Waals surface area contributed by atoms with E-state index in [4.69, 9.17) is 0 Å². The maximum Gasteiger partial charge on any atom is 0.260 e. The van der Waals surface area contributed by atoms with Crippen LogP contribution < -0.4 is 4.72 Å². The Labute approximate surface area is 120 Å². The monoisotopic (exact) mass is 352 g/mol. The van der Waals surface area contributed by atoms with E-state index in [-0.39, 0.29) is 16.2 Å². The summed E-state index contributed by atoms with van der Waals surface area (Å²) in [5.74, 6) is 0. The average molecular weight is 353 g/mol. The zero-order valence-electron chi connectivity index (χ0n) is 10.6. The van der Waals surface area contributed by atoms with Gasteiger partial charge in [-0.05, 0) is 28.8 Å². The lowest BCUT2D eigenvalue weighted by atomic mass is 9.85. The third-order valence-corrected chi connectivity index (χ3v) is 5.65. The van der Waals surface area contributed by atoms with Gasteiger partial charge in [-0.25, -0.2) is 17.8 Å². The van der Waals surface area contributed by atoms with Crippen molar-refractivity contribution in [2.24, 2.45) is 7.05 Å². The summed E-state index contributed by atoms with van der Waals surface area (Å²) in [5.41, 5.74) is -0.941. The molecule has 108 valence electrons. The Morgan fingerprint density at radius 1 is 1.42 bits per heavy atom. The van der Waals surface area contributed by atoms with Gasteiger partial charge in [-0.15, -0.1) is 5.10 Å². The fourth-order valence-corrected chi connectivity index (χ4v) is 4.50. The van der Waals surface area contributed by atoms with Gasteiger partial charge in [0.1, 0.15) is 0 Å². The lowest BCUT2D eigenvalue weighted by Crippen LogP contribution is -2.44. The first-order valence-electron chi connectivity index (χ1n) is 6.11. The predicted octanol–water partition coefficient (Wildman–Crippen LogP) is 0.551. The highest BCUT2D eigenvalue weighted by molar-refractivity contribution is 9.10. The van der Waals surface area contributed by atoms with Gasteiger partial charge in [0.15, 0.2) is 4.60 Å². The Kier molecular flexibility index (Phi) is 4.29. The molecule has 1 fully saturated rings. The first-order valence-corrected chi connectivity index (χ1v) is 8.39. The minimum Gasteiger partial charge on any atom is -0.389 e. The zero-order chi connectivity index (χ0) is 14.1. The summed E-state index contributed by atoms with van der Waals surface area (Å²) in [6.07, 6.45) is 4.19. The molecular formula is C10H17BrN4O3S. The molecule has 1 aromatic rings. The average Bonchev–Trinajstić information content (AvgIpc) is 2.68. The molecular weight excluding hydrogens is 336 g/mol. The van der Waals surface area contributed by atoms with E-state index in [1.165, 1.54) is 11.7 Å². The van der Waals surface area contributed by atoms with Crippen LogP contribution in [0.2, 0.25) is 0 Å². The quantitative estimate of drug-likeness (QED) is 0.824. The molecule has 0 atom stereocenters. The molecule has 1 aliphatic rings. The smallest absolute Gasteiger partial charge is 0.260 e. The van der Waals surface area contributed by atoms with E-state index in [2.05, 4.69) is 31.0 Å².